The maximum absolute atomic E-state index is 13.2. The number of hydrogen-bond acceptors (Lipinski definition) is 4. The standard InChI is InChI=1S/C18H27F3N4/c1-12-9-13(12)11-24-5-7-25(8-6-24)15-10-14(18(19,20)21)22-16(23-15)17(2,3)4/h10,12-13H,5-9,11H2,1-4H3. The molecule has 0 spiro atoms. The summed E-state index contributed by atoms with van der Waals surface area (Å²) in [6.07, 6.45) is -3.16. The molecule has 140 valence electrons. The van der Waals surface area contributed by atoms with E-state index in [2.05, 4.69) is 21.8 Å². The van der Waals surface area contributed by atoms with Gasteiger partial charge in [-0.25, -0.2) is 9.97 Å². The van der Waals surface area contributed by atoms with Crippen molar-refractivity contribution < 1.29 is 13.2 Å². The Kier molecular flexibility index (Phi) is 4.73. The fourth-order valence-electron chi connectivity index (χ4n) is 3.22. The van der Waals surface area contributed by atoms with E-state index in [1.54, 1.807) is 0 Å². The first-order chi connectivity index (χ1) is 11.5. The first-order valence-electron chi connectivity index (χ1n) is 8.98. The van der Waals surface area contributed by atoms with Crippen LogP contribution < -0.4 is 4.90 Å². The molecule has 1 aliphatic carbocycles. The lowest BCUT2D eigenvalue weighted by atomic mass is 9.95. The van der Waals surface area contributed by atoms with Gasteiger partial charge in [0.25, 0.3) is 0 Å². The molecule has 0 aromatic carbocycles. The number of aromatic nitrogens is 2. The fraction of sp³-hybridized carbons (Fsp3) is 0.778. The SMILES string of the molecule is CC1CC1CN1CCN(c2cc(C(F)(F)F)nc(C(C)(C)C)n2)CC1. The molecule has 7 heteroatoms. The molecule has 3 rings (SSSR count). The van der Waals surface area contributed by atoms with Crippen LogP contribution in [-0.2, 0) is 11.6 Å². The molecule has 0 N–H and O–H groups in total. The lowest BCUT2D eigenvalue weighted by Gasteiger charge is -2.36. The van der Waals surface area contributed by atoms with Gasteiger partial charge in [-0.3, -0.25) is 4.90 Å². The van der Waals surface area contributed by atoms with Crippen LogP contribution in [0.5, 0.6) is 0 Å². The second-order valence-corrected chi connectivity index (χ2v) is 8.44. The number of halogens is 3. The highest BCUT2D eigenvalue weighted by atomic mass is 19.4. The van der Waals surface area contributed by atoms with Crippen LogP contribution >= 0.6 is 0 Å². The molecule has 1 saturated heterocycles. The van der Waals surface area contributed by atoms with Gasteiger partial charge in [0.15, 0.2) is 0 Å². The fourth-order valence-corrected chi connectivity index (χ4v) is 3.22. The molecule has 4 nitrogen and oxygen atoms in total. The molecule has 1 aromatic rings. The summed E-state index contributed by atoms with van der Waals surface area (Å²) in [4.78, 5) is 12.6. The average molecular weight is 356 g/mol. The summed E-state index contributed by atoms with van der Waals surface area (Å²) >= 11 is 0. The summed E-state index contributed by atoms with van der Waals surface area (Å²) < 4.78 is 39.7. The maximum atomic E-state index is 13.2. The second-order valence-electron chi connectivity index (χ2n) is 8.44. The summed E-state index contributed by atoms with van der Waals surface area (Å²) in [6, 6.07) is 1.09. The van der Waals surface area contributed by atoms with Crippen molar-refractivity contribution in [3.8, 4) is 0 Å². The predicted octanol–water partition coefficient (Wildman–Crippen LogP) is 3.57. The molecule has 2 heterocycles. The quantitative estimate of drug-likeness (QED) is 0.829. The van der Waals surface area contributed by atoms with Crippen molar-refractivity contribution in [1.29, 1.82) is 0 Å². The highest BCUT2D eigenvalue weighted by molar-refractivity contribution is 5.42. The van der Waals surface area contributed by atoms with Crippen molar-refractivity contribution in [2.45, 2.75) is 45.7 Å². The van der Waals surface area contributed by atoms with Crippen LogP contribution in [0, 0.1) is 11.8 Å². The molecular formula is C18H27F3N4. The van der Waals surface area contributed by atoms with E-state index in [0.717, 1.165) is 37.5 Å². The van der Waals surface area contributed by atoms with Crippen LogP contribution in [0.2, 0.25) is 0 Å². The minimum absolute atomic E-state index is 0.242. The molecule has 1 aromatic heterocycles. The number of anilines is 1. The van der Waals surface area contributed by atoms with Gasteiger partial charge in [0.2, 0.25) is 0 Å². The third kappa shape index (κ3) is 4.43. The van der Waals surface area contributed by atoms with Gasteiger partial charge in [-0.05, 0) is 18.3 Å². The minimum Gasteiger partial charge on any atom is -0.354 e. The lowest BCUT2D eigenvalue weighted by Crippen LogP contribution is -2.47. The minimum atomic E-state index is -4.46. The van der Waals surface area contributed by atoms with E-state index in [-0.39, 0.29) is 5.82 Å². The average Bonchev–Trinajstić information content (AvgIpc) is 3.21. The Hall–Kier alpha value is -1.37. The van der Waals surface area contributed by atoms with Crippen molar-refractivity contribution in [2.24, 2.45) is 11.8 Å². The van der Waals surface area contributed by atoms with E-state index in [9.17, 15) is 13.2 Å². The number of alkyl halides is 3. The predicted molar refractivity (Wildman–Crippen MR) is 91.7 cm³/mol. The molecule has 2 unspecified atom stereocenters. The van der Waals surface area contributed by atoms with E-state index in [1.165, 1.54) is 6.42 Å². The molecule has 1 saturated carbocycles. The van der Waals surface area contributed by atoms with Gasteiger partial charge < -0.3 is 4.90 Å². The third-order valence-corrected chi connectivity index (χ3v) is 5.14. The van der Waals surface area contributed by atoms with Gasteiger partial charge in [0.05, 0.1) is 0 Å². The van der Waals surface area contributed by atoms with Crippen LogP contribution in [-0.4, -0.2) is 47.6 Å². The molecule has 25 heavy (non-hydrogen) atoms. The summed E-state index contributed by atoms with van der Waals surface area (Å²) in [5, 5.41) is 0. The van der Waals surface area contributed by atoms with Gasteiger partial charge in [0.1, 0.15) is 17.3 Å². The number of piperazine rings is 1. The topological polar surface area (TPSA) is 32.3 Å². The zero-order valence-corrected chi connectivity index (χ0v) is 15.4. The molecule has 2 atom stereocenters. The highest BCUT2D eigenvalue weighted by Gasteiger charge is 2.37. The Bertz CT molecular complexity index is 583. The van der Waals surface area contributed by atoms with Crippen molar-refractivity contribution in [3.05, 3.63) is 17.6 Å². The van der Waals surface area contributed by atoms with Crippen LogP contribution in [0.4, 0.5) is 19.0 Å². The molecular weight excluding hydrogens is 329 g/mol. The molecule has 1 aliphatic heterocycles. The van der Waals surface area contributed by atoms with Crippen LogP contribution in [0.3, 0.4) is 0 Å². The number of nitrogens with zero attached hydrogens (tertiary/aromatic N) is 4. The number of rotatable bonds is 3. The van der Waals surface area contributed by atoms with Crippen LogP contribution in [0.15, 0.2) is 6.07 Å². The third-order valence-electron chi connectivity index (χ3n) is 5.14. The molecule has 0 bridgehead atoms. The van der Waals surface area contributed by atoms with E-state index in [1.807, 2.05) is 25.7 Å². The van der Waals surface area contributed by atoms with Crippen molar-refractivity contribution in [1.82, 2.24) is 14.9 Å². The van der Waals surface area contributed by atoms with Gasteiger partial charge in [-0.1, -0.05) is 27.7 Å². The summed E-state index contributed by atoms with van der Waals surface area (Å²) in [7, 11) is 0. The first kappa shape index (κ1) is 18.4. The largest absolute Gasteiger partial charge is 0.433 e. The Balaban J connectivity index is 1.75. The van der Waals surface area contributed by atoms with Gasteiger partial charge in [-0.15, -0.1) is 0 Å². The second kappa shape index (κ2) is 6.41. The van der Waals surface area contributed by atoms with E-state index >= 15 is 0 Å². The monoisotopic (exact) mass is 356 g/mol. The Morgan fingerprint density at radius 2 is 1.68 bits per heavy atom. The molecule has 0 radical (unpaired) electrons. The molecule has 2 aliphatic rings. The molecule has 2 fully saturated rings. The van der Waals surface area contributed by atoms with Crippen molar-refractivity contribution in [3.63, 3.8) is 0 Å². The summed E-state index contributed by atoms with van der Waals surface area (Å²) in [5.74, 6) is 2.26. The Morgan fingerprint density at radius 1 is 1.08 bits per heavy atom. The zero-order chi connectivity index (χ0) is 18.4. The van der Waals surface area contributed by atoms with E-state index < -0.39 is 17.3 Å². The van der Waals surface area contributed by atoms with Gasteiger partial charge in [0, 0.05) is 44.2 Å². The van der Waals surface area contributed by atoms with Crippen LogP contribution in [0.25, 0.3) is 0 Å². The van der Waals surface area contributed by atoms with Crippen molar-refractivity contribution in [2.75, 3.05) is 37.6 Å². The van der Waals surface area contributed by atoms with Gasteiger partial charge >= 0.3 is 6.18 Å². The Labute approximate surface area is 147 Å². The Morgan fingerprint density at radius 3 is 2.16 bits per heavy atom. The normalized spacial score (nSPS) is 25.3. The van der Waals surface area contributed by atoms with E-state index in [4.69, 9.17) is 0 Å². The van der Waals surface area contributed by atoms with Crippen molar-refractivity contribution >= 4 is 5.82 Å². The van der Waals surface area contributed by atoms with E-state index in [0.29, 0.717) is 18.9 Å². The summed E-state index contributed by atoms with van der Waals surface area (Å²) in [5.41, 5.74) is -1.38. The highest BCUT2D eigenvalue weighted by Crippen LogP contribution is 2.38. The molecule has 0 amide bonds. The zero-order valence-electron chi connectivity index (χ0n) is 15.4. The first-order valence-corrected chi connectivity index (χ1v) is 8.98. The number of hydrogen-bond donors (Lipinski definition) is 0. The summed E-state index contributed by atoms with van der Waals surface area (Å²) in [6.45, 7) is 12.0. The smallest absolute Gasteiger partial charge is 0.354 e. The lowest BCUT2D eigenvalue weighted by molar-refractivity contribution is -0.141. The van der Waals surface area contributed by atoms with Gasteiger partial charge in [-0.2, -0.15) is 13.2 Å². The van der Waals surface area contributed by atoms with Crippen LogP contribution in [0.1, 0.15) is 45.6 Å². The maximum Gasteiger partial charge on any atom is 0.433 e.